The molecule has 0 atom stereocenters. The summed E-state index contributed by atoms with van der Waals surface area (Å²) in [6.45, 7) is 2.17. The average molecular weight is 329 g/mol. The van der Waals surface area contributed by atoms with Crippen LogP contribution in [0.2, 0.25) is 0 Å². The summed E-state index contributed by atoms with van der Waals surface area (Å²) in [5.74, 6) is -1.44. The van der Waals surface area contributed by atoms with Crippen LogP contribution in [-0.4, -0.2) is 28.4 Å². The number of nitrogens with one attached hydrogen (secondary N) is 1. The van der Waals surface area contributed by atoms with E-state index >= 15 is 0 Å². The summed E-state index contributed by atoms with van der Waals surface area (Å²) >= 11 is 0. The van der Waals surface area contributed by atoms with Crippen LogP contribution in [0, 0.1) is 5.82 Å². The summed E-state index contributed by atoms with van der Waals surface area (Å²) in [5, 5.41) is 5.89. The van der Waals surface area contributed by atoms with Crippen LogP contribution in [0.4, 0.5) is 17.6 Å². The molecule has 2 rings (SSSR count). The molecule has 124 valence electrons. The van der Waals surface area contributed by atoms with Gasteiger partial charge in [-0.3, -0.25) is 4.79 Å². The third kappa shape index (κ3) is 4.08. The molecule has 0 fully saturated rings. The van der Waals surface area contributed by atoms with Crippen LogP contribution < -0.4 is 5.32 Å². The molecule has 0 radical (unpaired) electrons. The first-order chi connectivity index (χ1) is 10.7. The normalized spacial score (nSPS) is 11.8. The number of hydrogen-bond donors (Lipinski definition) is 1. The quantitative estimate of drug-likeness (QED) is 0.874. The van der Waals surface area contributed by atoms with Crippen LogP contribution in [0.1, 0.15) is 35.8 Å². The number of hydrogen-bond acceptors (Lipinski definition) is 2. The van der Waals surface area contributed by atoms with E-state index in [1.54, 1.807) is 13.8 Å². The Kier molecular flexibility index (Phi) is 4.72. The first-order valence-corrected chi connectivity index (χ1v) is 6.88. The van der Waals surface area contributed by atoms with Gasteiger partial charge in [0.1, 0.15) is 12.4 Å². The van der Waals surface area contributed by atoms with Gasteiger partial charge in [-0.1, -0.05) is 13.8 Å². The van der Waals surface area contributed by atoms with Crippen LogP contribution in [-0.2, 0) is 0 Å². The van der Waals surface area contributed by atoms with Gasteiger partial charge in [0.25, 0.3) is 5.91 Å². The van der Waals surface area contributed by atoms with Gasteiger partial charge in [0.2, 0.25) is 0 Å². The zero-order chi connectivity index (χ0) is 17.2. The highest BCUT2D eigenvalue weighted by Gasteiger charge is 2.29. The Balaban J connectivity index is 2.35. The van der Waals surface area contributed by atoms with Crippen molar-refractivity contribution in [2.45, 2.75) is 25.9 Å². The fourth-order valence-electron chi connectivity index (χ4n) is 2.15. The topological polar surface area (TPSA) is 46.9 Å². The largest absolute Gasteiger partial charge is 0.405 e. The summed E-state index contributed by atoms with van der Waals surface area (Å²) in [4.78, 5) is 12.0. The number of benzene rings is 1. The molecule has 0 aliphatic heterocycles. The van der Waals surface area contributed by atoms with Crippen LogP contribution in [0.3, 0.4) is 0 Å². The predicted octanol–water partition coefficient (Wildman–Crippen LogP) is 3.43. The maximum atomic E-state index is 13.0. The zero-order valence-corrected chi connectivity index (χ0v) is 12.5. The number of rotatable bonds is 4. The van der Waals surface area contributed by atoms with Crippen LogP contribution in [0.15, 0.2) is 30.5 Å². The Morgan fingerprint density at radius 2 is 1.87 bits per heavy atom. The molecule has 0 bridgehead atoms. The number of nitrogens with zero attached hydrogens (tertiary/aromatic N) is 2. The van der Waals surface area contributed by atoms with E-state index in [9.17, 15) is 22.4 Å². The number of carbonyl (C=O) groups excluding carboxylic acids is 1. The van der Waals surface area contributed by atoms with Gasteiger partial charge in [-0.25, -0.2) is 9.07 Å². The molecule has 1 N–H and O–H groups in total. The van der Waals surface area contributed by atoms with E-state index in [4.69, 9.17) is 0 Å². The van der Waals surface area contributed by atoms with E-state index in [2.05, 4.69) is 5.10 Å². The highest BCUT2D eigenvalue weighted by Crippen LogP contribution is 2.23. The molecule has 8 heteroatoms. The number of amides is 1. The van der Waals surface area contributed by atoms with E-state index in [1.807, 2.05) is 5.32 Å². The molecule has 1 aromatic carbocycles. The van der Waals surface area contributed by atoms with Crippen molar-refractivity contribution in [3.05, 3.63) is 47.5 Å². The minimum atomic E-state index is -4.49. The summed E-state index contributed by atoms with van der Waals surface area (Å²) in [7, 11) is 0. The van der Waals surface area contributed by atoms with Crippen molar-refractivity contribution in [1.82, 2.24) is 15.1 Å². The molecule has 4 nitrogen and oxygen atoms in total. The monoisotopic (exact) mass is 329 g/mol. The Morgan fingerprint density at radius 3 is 2.39 bits per heavy atom. The minimum Gasteiger partial charge on any atom is -0.343 e. The Morgan fingerprint density at radius 1 is 1.26 bits per heavy atom. The third-order valence-electron chi connectivity index (χ3n) is 3.12. The second kappa shape index (κ2) is 6.39. The number of halogens is 4. The molecule has 23 heavy (non-hydrogen) atoms. The summed E-state index contributed by atoms with van der Waals surface area (Å²) in [6, 6.07) is 5.44. The molecule has 1 amide bonds. The maximum absolute atomic E-state index is 13.0. The lowest BCUT2D eigenvalue weighted by molar-refractivity contribution is -0.123. The van der Waals surface area contributed by atoms with Gasteiger partial charge in [-0.15, -0.1) is 0 Å². The van der Waals surface area contributed by atoms with Gasteiger partial charge in [0.05, 0.1) is 23.1 Å². The van der Waals surface area contributed by atoms with E-state index in [0.717, 1.165) is 0 Å². The molecule has 0 unspecified atom stereocenters. The van der Waals surface area contributed by atoms with Crippen molar-refractivity contribution in [3.8, 4) is 5.69 Å². The highest BCUT2D eigenvalue weighted by molar-refractivity contribution is 5.95. The second-order valence-corrected chi connectivity index (χ2v) is 5.28. The molecule has 0 saturated carbocycles. The Labute approximate surface area is 130 Å². The predicted molar refractivity (Wildman–Crippen MR) is 76.0 cm³/mol. The maximum Gasteiger partial charge on any atom is 0.405 e. The fourth-order valence-corrected chi connectivity index (χ4v) is 2.15. The van der Waals surface area contributed by atoms with Crippen molar-refractivity contribution in [1.29, 1.82) is 0 Å². The molecule has 0 spiro atoms. The van der Waals surface area contributed by atoms with Crippen molar-refractivity contribution in [2.24, 2.45) is 0 Å². The van der Waals surface area contributed by atoms with Gasteiger partial charge in [0.15, 0.2) is 0 Å². The van der Waals surface area contributed by atoms with Crippen LogP contribution in [0.5, 0.6) is 0 Å². The van der Waals surface area contributed by atoms with Crippen molar-refractivity contribution >= 4 is 5.91 Å². The second-order valence-electron chi connectivity index (χ2n) is 5.28. The summed E-state index contributed by atoms with van der Waals surface area (Å²) in [5.41, 5.74) is 1.04. The number of carbonyl (C=O) groups is 1. The van der Waals surface area contributed by atoms with E-state index in [-0.39, 0.29) is 11.5 Å². The lowest BCUT2D eigenvalue weighted by Gasteiger charge is -2.13. The van der Waals surface area contributed by atoms with Crippen LogP contribution in [0.25, 0.3) is 5.69 Å². The van der Waals surface area contributed by atoms with E-state index in [0.29, 0.717) is 11.4 Å². The molecule has 0 saturated heterocycles. The van der Waals surface area contributed by atoms with Crippen molar-refractivity contribution < 1.29 is 22.4 Å². The first-order valence-electron chi connectivity index (χ1n) is 6.88. The fraction of sp³-hybridized carbons (Fsp3) is 0.333. The average Bonchev–Trinajstić information content (AvgIpc) is 2.90. The smallest absolute Gasteiger partial charge is 0.343 e. The lowest BCUT2D eigenvalue weighted by atomic mass is 10.1. The van der Waals surface area contributed by atoms with Gasteiger partial charge in [-0.2, -0.15) is 18.3 Å². The standard InChI is InChI=1S/C15H15F4N3O/c1-9(2)13-12(14(23)20-8-15(17,18)19)7-21-22(13)11-5-3-10(16)4-6-11/h3-7,9H,8H2,1-2H3,(H,20,23). The third-order valence-corrected chi connectivity index (χ3v) is 3.12. The van der Waals surface area contributed by atoms with Crippen LogP contribution >= 0.6 is 0 Å². The van der Waals surface area contributed by atoms with Gasteiger partial charge in [0, 0.05) is 0 Å². The zero-order valence-electron chi connectivity index (χ0n) is 12.5. The first kappa shape index (κ1) is 17.0. The number of aromatic nitrogens is 2. The Hall–Kier alpha value is -2.38. The molecule has 0 aliphatic rings. The number of alkyl halides is 3. The minimum absolute atomic E-state index is 0.0635. The SMILES string of the molecule is CC(C)c1c(C(=O)NCC(F)(F)F)cnn1-c1ccc(F)cc1. The molecular formula is C15H15F4N3O. The van der Waals surface area contributed by atoms with Crippen molar-refractivity contribution in [3.63, 3.8) is 0 Å². The molecular weight excluding hydrogens is 314 g/mol. The molecule has 2 aromatic rings. The van der Waals surface area contributed by atoms with Gasteiger partial charge in [-0.05, 0) is 30.2 Å². The molecule has 1 heterocycles. The molecule has 0 aliphatic carbocycles. The summed E-state index contributed by atoms with van der Waals surface area (Å²) < 4.78 is 51.1. The van der Waals surface area contributed by atoms with Crippen molar-refractivity contribution in [2.75, 3.05) is 6.54 Å². The van der Waals surface area contributed by atoms with Gasteiger partial charge >= 0.3 is 6.18 Å². The Bertz CT molecular complexity index is 690. The van der Waals surface area contributed by atoms with E-state index in [1.165, 1.54) is 35.1 Å². The highest BCUT2D eigenvalue weighted by atomic mass is 19.4. The molecule has 1 aromatic heterocycles. The van der Waals surface area contributed by atoms with E-state index < -0.39 is 24.4 Å². The van der Waals surface area contributed by atoms with Gasteiger partial charge < -0.3 is 5.32 Å². The lowest BCUT2D eigenvalue weighted by Crippen LogP contribution is -2.34. The summed E-state index contributed by atoms with van der Waals surface area (Å²) in [6.07, 6.45) is -3.27.